The van der Waals surface area contributed by atoms with Crippen LogP contribution in [0.4, 0.5) is 20.2 Å². The van der Waals surface area contributed by atoms with E-state index in [-0.39, 0.29) is 43.8 Å². The first-order valence-corrected chi connectivity index (χ1v) is 28.1. The topological polar surface area (TPSA) is 165 Å². The van der Waals surface area contributed by atoms with Crippen molar-refractivity contribution in [2.45, 2.75) is 54.9 Å². The van der Waals surface area contributed by atoms with Gasteiger partial charge in [0.2, 0.25) is 0 Å². The summed E-state index contributed by atoms with van der Waals surface area (Å²) >= 11 is 5.95. The average molecular weight is 1060 g/mol. The zero-order chi connectivity index (χ0) is 51.7. The van der Waals surface area contributed by atoms with Gasteiger partial charge in [0.05, 0.1) is 27.4 Å². The molecule has 0 bridgehead atoms. The second-order valence-electron chi connectivity index (χ2n) is 19.5. The van der Waals surface area contributed by atoms with Crippen LogP contribution in [0.2, 0.25) is 5.02 Å². The first-order chi connectivity index (χ1) is 35.6. The van der Waals surface area contributed by atoms with E-state index < -0.39 is 31.7 Å². The van der Waals surface area contributed by atoms with Crippen LogP contribution in [0.5, 0.6) is 0 Å². The van der Waals surface area contributed by atoms with E-state index in [1.165, 1.54) is 30.3 Å². The third-order valence-electron chi connectivity index (χ3n) is 14.6. The fourth-order valence-electron chi connectivity index (χ4n) is 10.7. The van der Waals surface area contributed by atoms with Gasteiger partial charge in [0.15, 0.2) is 0 Å². The molecule has 2 saturated heterocycles. The Labute approximate surface area is 434 Å². The molecule has 0 radical (unpaired) electrons. The zero-order valence-corrected chi connectivity index (χ0v) is 43.1. The van der Waals surface area contributed by atoms with E-state index in [1.807, 2.05) is 29.2 Å². The summed E-state index contributed by atoms with van der Waals surface area (Å²) in [4.78, 5) is 44.0. The Bertz CT molecular complexity index is 3510. The van der Waals surface area contributed by atoms with E-state index in [0.29, 0.717) is 98.1 Å². The van der Waals surface area contributed by atoms with E-state index in [4.69, 9.17) is 11.6 Å². The number of amides is 2. The summed E-state index contributed by atoms with van der Waals surface area (Å²) in [5.41, 5.74) is 3.84. The molecular weight excluding hydrogens is 1010 g/mol. The molecule has 2 atom stereocenters. The maximum Gasteiger partial charge on any atom is 0.264 e. The number of rotatable bonds is 13. The fraction of sp³-hybridized carbons (Fsp3) is 0.309. The van der Waals surface area contributed by atoms with Crippen LogP contribution in [0, 0.1) is 24.5 Å². The first-order valence-electron chi connectivity index (χ1n) is 24.7. The van der Waals surface area contributed by atoms with Crippen molar-refractivity contribution in [3.8, 4) is 0 Å². The molecule has 7 aromatic rings. The summed E-state index contributed by atoms with van der Waals surface area (Å²) in [7, 11) is -8.29. The number of aromatic nitrogens is 2. The lowest BCUT2D eigenvalue weighted by atomic mass is 9.77. The van der Waals surface area contributed by atoms with Crippen LogP contribution in [0.25, 0.3) is 21.8 Å². The molecule has 4 heterocycles. The smallest absolute Gasteiger partial charge is 0.264 e. The number of nitrogens with one attached hydrogen (secondary N) is 2. The van der Waals surface area contributed by atoms with Crippen molar-refractivity contribution in [3.63, 3.8) is 0 Å². The van der Waals surface area contributed by atoms with Crippen molar-refractivity contribution in [3.05, 3.63) is 166 Å². The molecule has 2 unspecified atom stereocenters. The Morgan fingerprint density at radius 1 is 0.649 bits per heavy atom. The highest BCUT2D eigenvalue weighted by Gasteiger charge is 2.31. The zero-order valence-electron chi connectivity index (χ0n) is 40.7. The third-order valence-corrected chi connectivity index (χ3v) is 17.7. The Kier molecular flexibility index (Phi) is 14.7. The molecular formula is C55H55ClF2N8O6S2. The molecule has 19 heteroatoms. The molecule has 384 valence electrons. The van der Waals surface area contributed by atoms with Gasteiger partial charge in [0, 0.05) is 99.7 Å². The minimum absolute atomic E-state index is 0.0527. The quantitative estimate of drug-likeness (QED) is 0.114. The minimum Gasteiger partial charge on any atom is -0.336 e. The molecule has 5 aromatic carbocycles. The van der Waals surface area contributed by atoms with Crippen molar-refractivity contribution in [1.29, 1.82) is 0 Å². The van der Waals surface area contributed by atoms with Gasteiger partial charge in [-0.25, -0.2) is 25.6 Å². The highest BCUT2D eigenvalue weighted by atomic mass is 35.5. The van der Waals surface area contributed by atoms with Crippen molar-refractivity contribution < 1.29 is 35.2 Å². The van der Waals surface area contributed by atoms with Gasteiger partial charge in [0.25, 0.3) is 31.9 Å². The van der Waals surface area contributed by atoms with Crippen molar-refractivity contribution >= 4 is 76.6 Å². The summed E-state index contributed by atoms with van der Waals surface area (Å²) in [5, 5.41) is 1.49. The van der Waals surface area contributed by atoms with Crippen LogP contribution < -0.4 is 9.44 Å². The summed E-state index contributed by atoms with van der Waals surface area (Å²) in [5.74, 6) is -1.31. The van der Waals surface area contributed by atoms with Crippen molar-refractivity contribution in [2.24, 2.45) is 5.92 Å². The van der Waals surface area contributed by atoms with Crippen LogP contribution in [0.15, 0.2) is 131 Å². The molecule has 74 heavy (non-hydrogen) atoms. The summed E-state index contributed by atoms with van der Waals surface area (Å²) < 4.78 is 89.4. The van der Waals surface area contributed by atoms with E-state index in [0.717, 1.165) is 54.8 Å². The van der Waals surface area contributed by atoms with Crippen molar-refractivity contribution in [2.75, 3.05) is 68.3 Å². The number of hydrogen-bond acceptors (Lipinski definition) is 10. The lowest BCUT2D eigenvalue weighted by Gasteiger charge is -2.38. The molecule has 0 spiro atoms. The predicted octanol–water partition coefficient (Wildman–Crippen LogP) is 9.31. The molecule has 1 saturated carbocycles. The van der Waals surface area contributed by atoms with Gasteiger partial charge in [-0.15, -0.1) is 0 Å². The average Bonchev–Trinajstić information content (AvgIpc) is 3.40. The monoisotopic (exact) mass is 1060 g/mol. The number of nitrogens with zero attached hydrogens (tertiary/aromatic N) is 6. The van der Waals surface area contributed by atoms with E-state index >= 15 is 4.39 Å². The minimum atomic E-state index is -4.33. The number of fused-ring (bicyclic) bond motifs is 2. The molecule has 3 aliphatic rings. The van der Waals surface area contributed by atoms with E-state index in [1.54, 1.807) is 72.7 Å². The Morgan fingerprint density at radius 2 is 1.27 bits per heavy atom. The molecule has 2 N–H and O–H groups in total. The molecule has 1 aliphatic carbocycles. The molecule has 10 rings (SSSR count). The number of pyridine rings is 2. The normalized spacial score (nSPS) is 18.2. The number of benzene rings is 5. The number of carbonyl (C=O) groups excluding carboxylic acids is 2. The van der Waals surface area contributed by atoms with Crippen LogP contribution >= 0.6 is 11.6 Å². The Morgan fingerprint density at radius 3 is 1.96 bits per heavy atom. The van der Waals surface area contributed by atoms with E-state index in [9.17, 15) is 30.8 Å². The number of anilines is 2. The number of hydrogen-bond donors (Lipinski definition) is 2. The number of piperazine rings is 2. The first kappa shape index (κ1) is 50.9. The highest BCUT2D eigenvalue weighted by Crippen LogP contribution is 2.40. The number of aryl methyl sites for hydroxylation is 1. The Hall–Kier alpha value is -6.57. The van der Waals surface area contributed by atoms with Crippen LogP contribution in [0.1, 0.15) is 69.0 Å². The predicted molar refractivity (Wildman–Crippen MR) is 282 cm³/mol. The van der Waals surface area contributed by atoms with E-state index in [2.05, 4.69) is 29.2 Å². The lowest BCUT2D eigenvalue weighted by molar-refractivity contribution is 0.0601. The molecule has 2 aromatic heterocycles. The second kappa shape index (κ2) is 21.3. The van der Waals surface area contributed by atoms with Gasteiger partial charge in [-0.1, -0.05) is 54.4 Å². The van der Waals surface area contributed by atoms with Gasteiger partial charge in [-0.05, 0) is 128 Å². The fourth-order valence-corrected chi connectivity index (χ4v) is 13.4. The second-order valence-corrected chi connectivity index (χ2v) is 23.2. The number of carbonyl (C=O) groups is 2. The maximum absolute atomic E-state index is 15.7. The Balaban J connectivity index is 0.733. The largest absolute Gasteiger partial charge is 0.336 e. The van der Waals surface area contributed by atoms with Gasteiger partial charge >= 0.3 is 0 Å². The standard InChI is InChI=1S/C55H55ClF2N8O6S2/c1-36-30-41(14-17-48(36)61-73(69,70)50-11-3-7-39-9-5-20-59-52(39)50)54(67)65-26-22-63(23-27-65)34-37-6-2-8-40(31-37)43-19-21-60-53-44(43)10-4-12-51(53)74(71,72)62-49-18-15-42(33-47(49)58)55(68)66-28-24-64(25-29-66)35-38-13-16-46(57)45(56)32-38/h3-5,7,9-21,30,32-33,37,40,61-62H,2,6,8,22-29,31,34-35H2,1H3. The van der Waals surface area contributed by atoms with Gasteiger partial charge in [-0.2, -0.15) is 0 Å². The van der Waals surface area contributed by atoms with Gasteiger partial charge < -0.3 is 9.80 Å². The molecule has 2 amide bonds. The highest BCUT2D eigenvalue weighted by molar-refractivity contribution is 7.93. The van der Waals surface area contributed by atoms with Crippen molar-refractivity contribution in [1.82, 2.24) is 29.6 Å². The molecule has 14 nitrogen and oxygen atoms in total. The maximum atomic E-state index is 15.7. The van der Waals surface area contributed by atoms with Crippen LogP contribution in [-0.4, -0.2) is 117 Å². The number of para-hydroxylation sites is 2. The summed E-state index contributed by atoms with van der Waals surface area (Å²) in [6, 6.07) is 28.9. The SMILES string of the molecule is Cc1cc(C(=O)N2CCN(CC3CCCC(c4ccnc5c(S(=O)(=O)Nc6ccc(C(=O)N7CCN(Cc8ccc(F)c(Cl)c8)CC7)cc6F)cccc45)C3)CC2)ccc1NS(=O)(=O)c1cccc2cccnc12. The summed E-state index contributed by atoms with van der Waals surface area (Å²) in [6.45, 7) is 7.61. The van der Waals surface area contributed by atoms with Gasteiger partial charge in [0.1, 0.15) is 21.4 Å². The lowest BCUT2D eigenvalue weighted by Crippen LogP contribution is -2.50. The number of halogens is 3. The summed E-state index contributed by atoms with van der Waals surface area (Å²) in [6.07, 6.45) is 7.08. The molecule has 3 fully saturated rings. The third kappa shape index (κ3) is 11.0. The van der Waals surface area contributed by atoms with Crippen LogP contribution in [-0.2, 0) is 26.6 Å². The van der Waals surface area contributed by atoms with Gasteiger partial charge in [-0.3, -0.25) is 38.8 Å². The van der Waals surface area contributed by atoms with Crippen LogP contribution in [0.3, 0.4) is 0 Å². The number of sulfonamides is 2. The molecule has 2 aliphatic heterocycles.